The average Bonchev–Trinajstić information content (AvgIpc) is 3.72. The van der Waals surface area contributed by atoms with Crippen molar-refractivity contribution in [1.29, 1.82) is 0 Å². The van der Waals surface area contributed by atoms with Gasteiger partial charge in [0, 0.05) is 0 Å². The van der Waals surface area contributed by atoms with Gasteiger partial charge in [-0.1, -0.05) is 0 Å². The summed E-state index contributed by atoms with van der Waals surface area (Å²) in [7, 11) is 0. The van der Waals surface area contributed by atoms with Gasteiger partial charge in [0.15, 0.2) is 0 Å². The monoisotopic (exact) mass is 488 g/mol. The van der Waals surface area contributed by atoms with E-state index in [1.807, 2.05) is 0 Å². The molecule has 2 aliphatic rings. The second-order valence-corrected chi connectivity index (χ2v) is 14.6. The number of hydrogen-bond donors (Lipinski definition) is 0. The van der Waals surface area contributed by atoms with Crippen molar-refractivity contribution in [1.82, 2.24) is 0 Å². The molecule has 0 saturated heterocycles. The van der Waals surface area contributed by atoms with E-state index in [-0.39, 0.29) is 0 Å². The van der Waals surface area contributed by atoms with E-state index in [1.54, 1.807) is 0 Å². The molecule has 0 unspecified atom stereocenters. The molecule has 1 heterocycles. The van der Waals surface area contributed by atoms with Crippen molar-refractivity contribution in [2.75, 3.05) is 0 Å². The van der Waals surface area contributed by atoms with Crippen molar-refractivity contribution >= 4 is 28.3 Å². The minimum absolute atomic E-state index is 0.363. The van der Waals surface area contributed by atoms with Crippen LogP contribution in [0.4, 0.5) is 0 Å². The van der Waals surface area contributed by atoms with E-state index in [0.29, 0.717) is 11.8 Å². The van der Waals surface area contributed by atoms with E-state index in [4.69, 9.17) is 4.52 Å². The van der Waals surface area contributed by atoms with Gasteiger partial charge in [0.05, 0.1) is 0 Å². The first-order chi connectivity index (χ1) is 17.6. The van der Waals surface area contributed by atoms with Crippen molar-refractivity contribution in [3.05, 3.63) is 144 Å². The zero-order chi connectivity index (χ0) is 24.6. The molecule has 180 valence electrons. The van der Waals surface area contributed by atoms with Crippen LogP contribution in [0.1, 0.15) is 32.3 Å². The average molecular weight is 489 g/mol. The summed E-state index contributed by atoms with van der Waals surface area (Å²) in [5.74, 6) is 1.89. The summed E-state index contributed by atoms with van der Waals surface area (Å²) in [5.41, 5.74) is 2.56. The van der Waals surface area contributed by atoms with Crippen LogP contribution in [0.25, 0.3) is 5.57 Å². The molecule has 1 aliphatic heterocycles. The van der Waals surface area contributed by atoms with E-state index in [9.17, 15) is 0 Å². The minimum atomic E-state index is -3.54. The van der Waals surface area contributed by atoms with E-state index in [2.05, 4.69) is 141 Å². The Balaban J connectivity index is 1.88. The molecule has 1 saturated carbocycles. The van der Waals surface area contributed by atoms with Crippen LogP contribution < -0.4 is 15.9 Å². The Bertz CT molecular complexity index is 1320. The zero-order valence-corrected chi connectivity index (χ0v) is 21.9. The van der Waals surface area contributed by atoms with E-state index >= 15 is 0 Å². The van der Waals surface area contributed by atoms with Gasteiger partial charge in [-0.2, -0.15) is 0 Å². The maximum atomic E-state index is 7.80. The second kappa shape index (κ2) is 8.91. The molecule has 36 heavy (non-hydrogen) atoms. The standard InChI is InChI=1S/C34H33OP/c1-26(2)25-32-33(27-15-7-3-8-16-27)34(28-23-24-28)36(35-32,29-17-9-4-10-18-29,30-19-11-5-12-20-30)31-21-13-6-14-22-31/h3-22,25-26,28H,23-24H2,1-2H3/b32-25-. The van der Waals surface area contributed by atoms with Gasteiger partial charge in [-0.05, 0) is 0 Å². The quantitative estimate of drug-likeness (QED) is 0.251. The Kier molecular flexibility index (Phi) is 5.70. The summed E-state index contributed by atoms with van der Waals surface area (Å²) >= 11 is 0. The van der Waals surface area contributed by atoms with Crippen molar-refractivity contribution < 1.29 is 4.52 Å². The summed E-state index contributed by atoms with van der Waals surface area (Å²) < 4.78 is 7.80. The van der Waals surface area contributed by atoms with Gasteiger partial charge >= 0.3 is 215 Å². The van der Waals surface area contributed by atoms with Gasteiger partial charge in [-0.15, -0.1) is 0 Å². The van der Waals surface area contributed by atoms with Crippen LogP contribution in [0.15, 0.2) is 138 Å². The van der Waals surface area contributed by atoms with Crippen LogP contribution in [0.5, 0.6) is 0 Å². The van der Waals surface area contributed by atoms with Crippen LogP contribution in [-0.2, 0) is 4.52 Å². The third kappa shape index (κ3) is 3.34. The Morgan fingerprint density at radius 2 is 1.06 bits per heavy atom. The molecule has 4 aromatic rings. The molecular formula is C34H33OP. The molecule has 4 aromatic carbocycles. The van der Waals surface area contributed by atoms with E-state index in [1.165, 1.54) is 45.2 Å². The number of benzene rings is 4. The molecule has 0 amide bonds. The first-order valence-electron chi connectivity index (χ1n) is 13.1. The number of allylic oxidation sites excluding steroid dienone is 3. The Hall–Kier alpha value is -3.41. The molecule has 0 spiro atoms. The second-order valence-electron chi connectivity index (χ2n) is 10.3. The molecule has 1 nitrogen and oxygen atoms in total. The van der Waals surface area contributed by atoms with Crippen molar-refractivity contribution in [2.24, 2.45) is 11.8 Å². The predicted molar refractivity (Wildman–Crippen MR) is 155 cm³/mol. The first kappa shape index (κ1) is 23.0. The van der Waals surface area contributed by atoms with Crippen LogP contribution in [0, 0.1) is 11.8 Å². The third-order valence-corrected chi connectivity index (χ3v) is 13.4. The summed E-state index contributed by atoms with van der Waals surface area (Å²) in [4.78, 5) is 0. The van der Waals surface area contributed by atoms with E-state index < -0.39 is 6.83 Å². The molecule has 6 rings (SSSR count). The molecule has 2 heteroatoms. The summed E-state index contributed by atoms with van der Waals surface area (Å²) in [6.45, 7) is 0.953. The van der Waals surface area contributed by atoms with Crippen LogP contribution in [0.3, 0.4) is 0 Å². The molecule has 0 N–H and O–H groups in total. The molecule has 1 fully saturated rings. The predicted octanol–water partition coefficient (Wildman–Crippen LogP) is 7.82. The summed E-state index contributed by atoms with van der Waals surface area (Å²) in [6, 6.07) is 44.2. The molecule has 0 aromatic heterocycles. The topological polar surface area (TPSA) is 9.23 Å². The Morgan fingerprint density at radius 3 is 1.44 bits per heavy atom. The molecule has 1 aliphatic carbocycles. The van der Waals surface area contributed by atoms with Crippen LogP contribution >= 0.6 is 6.83 Å². The number of rotatable bonds is 6. The van der Waals surface area contributed by atoms with Gasteiger partial charge in [0.2, 0.25) is 0 Å². The SMILES string of the molecule is CC(C)/C=C1\OP(c2ccccc2)(c2ccccc2)(c2ccccc2)C(C2CC2)=C1c1ccccc1. The fourth-order valence-corrected chi connectivity index (χ4v) is 12.5. The van der Waals surface area contributed by atoms with Crippen molar-refractivity contribution in [2.45, 2.75) is 26.7 Å². The summed E-state index contributed by atoms with van der Waals surface area (Å²) in [5, 5.41) is 5.35. The van der Waals surface area contributed by atoms with E-state index in [0.717, 1.165) is 5.76 Å². The zero-order valence-electron chi connectivity index (χ0n) is 21.0. The first-order valence-corrected chi connectivity index (χ1v) is 15.2. The summed E-state index contributed by atoms with van der Waals surface area (Å²) in [6.07, 6.45) is 4.75. The molecule has 0 bridgehead atoms. The van der Waals surface area contributed by atoms with Gasteiger partial charge in [0.1, 0.15) is 0 Å². The van der Waals surface area contributed by atoms with Gasteiger partial charge in [-0.3, -0.25) is 0 Å². The van der Waals surface area contributed by atoms with Crippen LogP contribution in [-0.4, -0.2) is 0 Å². The number of hydrogen-bond acceptors (Lipinski definition) is 1. The molecular weight excluding hydrogens is 455 g/mol. The molecule has 0 atom stereocenters. The van der Waals surface area contributed by atoms with Gasteiger partial charge < -0.3 is 0 Å². The Labute approximate surface area is 215 Å². The normalized spacial score (nSPS) is 20.6. The van der Waals surface area contributed by atoms with Crippen molar-refractivity contribution in [3.8, 4) is 0 Å². The van der Waals surface area contributed by atoms with Gasteiger partial charge in [0.25, 0.3) is 0 Å². The van der Waals surface area contributed by atoms with Crippen LogP contribution in [0.2, 0.25) is 0 Å². The maximum absolute atomic E-state index is 7.80. The molecule has 0 radical (unpaired) electrons. The van der Waals surface area contributed by atoms with Crippen molar-refractivity contribution in [3.63, 3.8) is 0 Å². The fourth-order valence-electron chi connectivity index (χ4n) is 6.01. The van der Waals surface area contributed by atoms with Gasteiger partial charge in [-0.25, -0.2) is 0 Å². The Morgan fingerprint density at radius 1 is 0.639 bits per heavy atom. The third-order valence-electron chi connectivity index (χ3n) is 7.50. The fraction of sp³-hybridized carbons (Fsp3) is 0.176.